The largest absolute Gasteiger partial charge is 0.481 e. The third kappa shape index (κ3) is 3.15. The molecule has 0 aromatic carbocycles. The van der Waals surface area contributed by atoms with E-state index < -0.39 is 5.97 Å². The van der Waals surface area contributed by atoms with Crippen LogP contribution >= 0.6 is 11.3 Å². The first-order valence-corrected chi connectivity index (χ1v) is 6.75. The second-order valence-corrected chi connectivity index (χ2v) is 5.68. The minimum atomic E-state index is -0.662. The van der Waals surface area contributed by atoms with Gasteiger partial charge in [-0.2, -0.15) is 0 Å². The molecule has 2 N–H and O–H groups in total. The first-order chi connectivity index (χ1) is 8.16. The molecule has 94 valence electrons. The predicted octanol–water partition coefficient (Wildman–Crippen LogP) is 2.15. The third-order valence-electron chi connectivity index (χ3n) is 3.27. The van der Waals surface area contributed by atoms with Crippen LogP contribution in [0.15, 0.2) is 0 Å². The Morgan fingerprint density at radius 3 is 2.88 bits per heavy atom. The van der Waals surface area contributed by atoms with Crippen molar-refractivity contribution < 1.29 is 9.90 Å². The van der Waals surface area contributed by atoms with E-state index in [-0.39, 0.29) is 11.8 Å². The number of aryl methyl sites for hydroxylation is 1. The van der Waals surface area contributed by atoms with Gasteiger partial charge < -0.3 is 10.4 Å². The van der Waals surface area contributed by atoms with Crippen molar-refractivity contribution in [2.45, 2.75) is 32.6 Å². The third-order valence-corrected chi connectivity index (χ3v) is 4.06. The Labute approximate surface area is 104 Å². The Morgan fingerprint density at radius 1 is 1.47 bits per heavy atom. The smallest absolute Gasteiger partial charge is 0.306 e. The van der Waals surface area contributed by atoms with E-state index in [9.17, 15) is 4.79 Å². The normalized spacial score (nSPS) is 24.5. The van der Waals surface area contributed by atoms with E-state index in [4.69, 9.17) is 5.11 Å². The number of anilines is 1. The highest BCUT2D eigenvalue weighted by atomic mass is 32.1. The average Bonchev–Trinajstić information content (AvgIpc) is 2.73. The molecule has 1 aliphatic rings. The van der Waals surface area contributed by atoms with Gasteiger partial charge in [0.25, 0.3) is 0 Å². The molecule has 0 saturated heterocycles. The number of nitrogens with zero attached hydrogens (tertiary/aromatic N) is 2. The quantitative estimate of drug-likeness (QED) is 0.862. The van der Waals surface area contributed by atoms with Crippen molar-refractivity contribution in [2.24, 2.45) is 11.8 Å². The summed E-state index contributed by atoms with van der Waals surface area (Å²) in [5.41, 5.74) is 0. The molecule has 1 aromatic heterocycles. The summed E-state index contributed by atoms with van der Waals surface area (Å²) in [5.74, 6) is -0.652. The highest BCUT2D eigenvalue weighted by Gasteiger charge is 2.30. The molecule has 1 aliphatic carbocycles. The van der Waals surface area contributed by atoms with Gasteiger partial charge >= 0.3 is 5.97 Å². The van der Waals surface area contributed by atoms with E-state index in [1.165, 1.54) is 11.3 Å². The summed E-state index contributed by atoms with van der Waals surface area (Å²) in [6, 6.07) is 0. The molecular weight excluding hydrogens is 238 g/mol. The van der Waals surface area contributed by atoms with E-state index >= 15 is 0 Å². The van der Waals surface area contributed by atoms with Crippen LogP contribution in [0.2, 0.25) is 0 Å². The molecule has 1 saturated carbocycles. The molecule has 0 aliphatic heterocycles. The lowest BCUT2D eigenvalue weighted by atomic mass is 9.79. The number of nitrogens with one attached hydrogen (secondary N) is 1. The topological polar surface area (TPSA) is 75.1 Å². The molecule has 17 heavy (non-hydrogen) atoms. The molecule has 0 spiro atoms. The van der Waals surface area contributed by atoms with E-state index in [1.807, 2.05) is 6.92 Å². The highest BCUT2D eigenvalue weighted by molar-refractivity contribution is 7.15. The van der Waals surface area contributed by atoms with Crippen molar-refractivity contribution in [2.75, 3.05) is 11.9 Å². The van der Waals surface area contributed by atoms with Crippen molar-refractivity contribution in [3.63, 3.8) is 0 Å². The molecule has 1 fully saturated rings. The molecule has 0 bridgehead atoms. The van der Waals surface area contributed by atoms with Crippen molar-refractivity contribution in [3.8, 4) is 0 Å². The molecule has 1 aromatic rings. The van der Waals surface area contributed by atoms with Crippen molar-refractivity contribution in [1.29, 1.82) is 0 Å². The maximum Gasteiger partial charge on any atom is 0.306 e. The summed E-state index contributed by atoms with van der Waals surface area (Å²) in [6.07, 6.45) is 3.95. The van der Waals surface area contributed by atoms with Crippen molar-refractivity contribution in [3.05, 3.63) is 5.01 Å². The monoisotopic (exact) mass is 255 g/mol. The summed E-state index contributed by atoms with van der Waals surface area (Å²) in [4.78, 5) is 11.1. The van der Waals surface area contributed by atoms with Crippen LogP contribution in [0.1, 0.15) is 30.7 Å². The Bertz CT molecular complexity index is 394. The molecule has 0 amide bonds. The van der Waals surface area contributed by atoms with Gasteiger partial charge in [-0.1, -0.05) is 24.2 Å². The average molecular weight is 255 g/mol. The lowest BCUT2D eigenvalue weighted by Gasteiger charge is -2.28. The van der Waals surface area contributed by atoms with Crippen molar-refractivity contribution >= 4 is 22.4 Å². The van der Waals surface area contributed by atoms with Gasteiger partial charge in [0.15, 0.2) is 0 Å². The fourth-order valence-electron chi connectivity index (χ4n) is 2.36. The van der Waals surface area contributed by atoms with Gasteiger partial charge in [-0.3, -0.25) is 4.79 Å². The fourth-order valence-corrected chi connectivity index (χ4v) is 2.96. The van der Waals surface area contributed by atoms with Gasteiger partial charge in [-0.25, -0.2) is 0 Å². The molecule has 0 unspecified atom stereocenters. The zero-order chi connectivity index (χ0) is 12.3. The molecule has 2 atom stereocenters. The zero-order valence-electron chi connectivity index (χ0n) is 9.85. The van der Waals surface area contributed by atoms with Crippen LogP contribution in [0, 0.1) is 18.8 Å². The molecule has 5 nitrogen and oxygen atoms in total. The van der Waals surface area contributed by atoms with E-state index in [1.54, 1.807) is 0 Å². The van der Waals surface area contributed by atoms with Crippen LogP contribution in [0.25, 0.3) is 0 Å². The van der Waals surface area contributed by atoms with Crippen LogP contribution in [0.3, 0.4) is 0 Å². The Balaban J connectivity index is 1.90. The van der Waals surface area contributed by atoms with Crippen LogP contribution in [0.4, 0.5) is 5.13 Å². The maximum atomic E-state index is 11.1. The summed E-state index contributed by atoms with van der Waals surface area (Å²) in [6.45, 7) is 2.59. The van der Waals surface area contributed by atoms with Crippen LogP contribution in [0.5, 0.6) is 0 Å². The highest BCUT2D eigenvalue weighted by Crippen LogP contribution is 2.30. The van der Waals surface area contributed by atoms with Gasteiger partial charge in [-0.15, -0.1) is 10.2 Å². The number of aromatic nitrogens is 2. The first kappa shape index (κ1) is 12.3. The van der Waals surface area contributed by atoms with E-state index in [0.717, 1.165) is 35.8 Å². The number of carbonyl (C=O) groups is 1. The van der Waals surface area contributed by atoms with Crippen LogP contribution in [-0.4, -0.2) is 27.8 Å². The lowest BCUT2D eigenvalue weighted by molar-refractivity contribution is -0.144. The fraction of sp³-hybridized carbons (Fsp3) is 0.727. The molecule has 6 heteroatoms. The van der Waals surface area contributed by atoms with Gasteiger partial charge in [0.1, 0.15) is 5.01 Å². The zero-order valence-corrected chi connectivity index (χ0v) is 10.7. The van der Waals surface area contributed by atoms with Gasteiger partial charge in [-0.05, 0) is 25.7 Å². The number of aliphatic carboxylic acids is 1. The Hall–Kier alpha value is -1.17. The number of rotatable bonds is 4. The maximum absolute atomic E-state index is 11.1. The predicted molar refractivity (Wildman–Crippen MR) is 66.2 cm³/mol. The molecule has 1 heterocycles. The molecule has 2 rings (SSSR count). The van der Waals surface area contributed by atoms with Crippen LogP contribution < -0.4 is 5.32 Å². The Morgan fingerprint density at radius 2 is 2.24 bits per heavy atom. The van der Waals surface area contributed by atoms with Gasteiger partial charge in [0, 0.05) is 6.54 Å². The summed E-state index contributed by atoms with van der Waals surface area (Å²) in [5, 5.41) is 22.0. The number of hydrogen-bond donors (Lipinski definition) is 2. The van der Waals surface area contributed by atoms with Gasteiger partial charge in [0.2, 0.25) is 5.13 Å². The standard InChI is InChI=1S/C11H17N3O2S/c1-7-13-14-11(17-7)12-6-8-4-2-3-5-9(8)10(15)16/h8-9H,2-6H2,1H3,(H,12,14)(H,15,16)/t8-,9-/m0/s1. The number of hydrogen-bond acceptors (Lipinski definition) is 5. The summed E-state index contributed by atoms with van der Waals surface area (Å²) < 4.78 is 0. The second-order valence-electron chi connectivity index (χ2n) is 4.50. The van der Waals surface area contributed by atoms with Crippen molar-refractivity contribution in [1.82, 2.24) is 10.2 Å². The minimum Gasteiger partial charge on any atom is -0.481 e. The first-order valence-electron chi connectivity index (χ1n) is 5.93. The SMILES string of the molecule is Cc1nnc(NC[C@@H]2CCCC[C@@H]2C(=O)O)s1. The van der Waals surface area contributed by atoms with Crippen LogP contribution in [-0.2, 0) is 4.79 Å². The summed E-state index contributed by atoms with van der Waals surface area (Å²) in [7, 11) is 0. The molecule has 0 radical (unpaired) electrons. The van der Waals surface area contributed by atoms with E-state index in [0.29, 0.717) is 6.54 Å². The number of carboxylic acids is 1. The van der Waals surface area contributed by atoms with E-state index in [2.05, 4.69) is 15.5 Å². The second kappa shape index (κ2) is 5.44. The Kier molecular flexibility index (Phi) is 3.93. The number of carboxylic acid groups (broad SMARTS) is 1. The minimum absolute atomic E-state index is 0.203. The molecular formula is C11H17N3O2S. The summed E-state index contributed by atoms with van der Waals surface area (Å²) >= 11 is 1.51. The van der Waals surface area contributed by atoms with Gasteiger partial charge in [0.05, 0.1) is 5.92 Å². The lowest BCUT2D eigenvalue weighted by Crippen LogP contribution is -2.31.